The predicted octanol–water partition coefficient (Wildman–Crippen LogP) is -6.53. The fourth-order valence-electron chi connectivity index (χ4n) is 4.35. The lowest BCUT2D eigenvalue weighted by Crippen LogP contribution is -2.66. The van der Waals surface area contributed by atoms with Crippen LogP contribution in [0.3, 0.4) is 0 Å². The standard InChI is InChI=1S/C20H36O16/c1-2-31-18-14(29)11(26)16(7(4-22)33-18)36-20-15(30)12(27)17(8(5-23)34-20)35-19-13(28)10(25)9(24)6(3-21)32-19/h6-30H,2-5H2,1H3/t6-,7-,8+,9-,10+,11-,12-,13-,14-,15+,16+,17-,18+,19+,20-/m0/s1. The molecule has 0 spiro atoms. The molecule has 15 atom stereocenters. The lowest BCUT2D eigenvalue weighted by Gasteiger charge is -2.48. The van der Waals surface area contributed by atoms with Crippen molar-refractivity contribution in [2.75, 3.05) is 26.4 Å². The largest absolute Gasteiger partial charge is 0.394 e. The monoisotopic (exact) mass is 532 g/mol. The maximum atomic E-state index is 10.7. The maximum absolute atomic E-state index is 10.7. The highest BCUT2D eigenvalue weighted by Crippen LogP contribution is 2.32. The van der Waals surface area contributed by atoms with Gasteiger partial charge < -0.3 is 79.5 Å². The Kier molecular flexibility index (Phi) is 10.8. The van der Waals surface area contributed by atoms with Gasteiger partial charge in [0.2, 0.25) is 0 Å². The normalized spacial score (nSPS) is 50.2. The number of hydrogen-bond donors (Lipinski definition) is 10. The minimum atomic E-state index is -1.88. The third-order valence-electron chi connectivity index (χ3n) is 6.40. The summed E-state index contributed by atoms with van der Waals surface area (Å²) < 4.78 is 32.3. The summed E-state index contributed by atoms with van der Waals surface area (Å²) in [6.07, 6.45) is -23.8. The molecule has 0 aromatic heterocycles. The van der Waals surface area contributed by atoms with Crippen LogP contribution < -0.4 is 0 Å². The van der Waals surface area contributed by atoms with Gasteiger partial charge in [0.25, 0.3) is 0 Å². The van der Waals surface area contributed by atoms with Gasteiger partial charge in [0.05, 0.1) is 19.8 Å². The molecule has 16 heteroatoms. The van der Waals surface area contributed by atoms with Crippen molar-refractivity contribution in [2.24, 2.45) is 0 Å². The Labute approximate surface area is 205 Å². The summed E-state index contributed by atoms with van der Waals surface area (Å²) in [6, 6.07) is 0. The van der Waals surface area contributed by atoms with Crippen molar-refractivity contribution in [3.05, 3.63) is 0 Å². The van der Waals surface area contributed by atoms with Gasteiger partial charge in [-0.3, -0.25) is 0 Å². The van der Waals surface area contributed by atoms with Crippen LogP contribution in [0.15, 0.2) is 0 Å². The molecule has 0 aromatic carbocycles. The second kappa shape index (κ2) is 12.9. The van der Waals surface area contributed by atoms with Crippen molar-refractivity contribution in [1.29, 1.82) is 0 Å². The summed E-state index contributed by atoms with van der Waals surface area (Å²) >= 11 is 0. The zero-order chi connectivity index (χ0) is 26.7. The molecule has 0 aliphatic carbocycles. The highest BCUT2D eigenvalue weighted by atomic mass is 16.8. The number of ether oxygens (including phenoxy) is 6. The Morgan fingerprint density at radius 2 is 0.889 bits per heavy atom. The Hall–Kier alpha value is -0.640. The molecule has 3 aliphatic rings. The molecule has 3 rings (SSSR count). The second-order valence-electron chi connectivity index (χ2n) is 8.77. The van der Waals surface area contributed by atoms with E-state index in [1.165, 1.54) is 0 Å². The smallest absolute Gasteiger partial charge is 0.187 e. The van der Waals surface area contributed by atoms with Gasteiger partial charge in [-0.25, -0.2) is 0 Å². The first-order valence-corrected chi connectivity index (χ1v) is 11.6. The quantitative estimate of drug-likeness (QED) is 0.132. The van der Waals surface area contributed by atoms with Crippen LogP contribution in [0.1, 0.15) is 6.92 Å². The fraction of sp³-hybridized carbons (Fsp3) is 1.00. The molecular formula is C20H36O16. The summed E-state index contributed by atoms with van der Waals surface area (Å²) in [5, 5.41) is 101. The van der Waals surface area contributed by atoms with Crippen molar-refractivity contribution < 1.29 is 79.5 Å². The first-order chi connectivity index (χ1) is 17.1. The average Bonchev–Trinajstić information content (AvgIpc) is 2.87. The minimum absolute atomic E-state index is 0.142. The summed E-state index contributed by atoms with van der Waals surface area (Å²) in [6.45, 7) is -0.430. The van der Waals surface area contributed by atoms with Gasteiger partial charge in [-0.2, -0.15) is 0 Å². The summed E-state index contributed by atoms with van der Waals surface area (Å²) in [5.41, 5.74) is 0. The van der Waals surface area contributed by atoms with Crippen LogP contribution in [-0.2, 0) is 28.4 Å². The highest BCUT2D eigenvalue weighted by Gasteiger charge is 2.53. The predicted molar refractivity (Wildman–Crippen MR) is 111 cm³/mol. The van der Waals surface area contributed by atoms with E-state index in [0.29, 0.717) is 0 Å². The number of aliphatic hydroxyl groups is 10. The van der Waals surface area contributed by atoms with E-state index in [2.05, 4.69) is 0 Å². The Balaban J connectivity index is 1.71. The molecule has 0 bridgehead atoms. The topological polar surface area (TPSA) is 258 Å². The van der Waals surface area contributed by atoms with Gasteiger partial charge in [0, 0.05) is 6.61 Å². The molecule has 36 heavy (non-hydrogen) atoms. The molecule has 212 valence electrons. The zero-order valence-corrected chi connectivity index (χ0v) is 19.4. The lowest BCUT2D eigenvalue weighted by atomic mass is 9.96. The number of aliphatic hydroxyl groups excluding tert-OH is 10. The van der Waals surface area contributed by atoms with Crippen molar-refractivity contribution in [2.45, 2.75) is 99.0 Å². The molecule has 3 aliphatic heterocycles. The Bertz CT molecular complexity index is 666. The van der Waals surface area contributed by atoms with E-state index in [1.54, 1.807) is 6.92 Å². The third-order valence-corrected chi connectivity index (χ3v) is 6.40. The lowest BCUT2D eigenvalue weighted by molar-refractivity contribution is -0.379. The van der Waals surface area contributed by atoms with Crippen molar-refractivity contribution in [3.63, 3.8) is 0 Å². The Morgan fingerprint density at radius 1 is 0.500 bits per heavy atom. The molecule has 3 fully saturated rings. The van der Waals surface area contributed by atoms with Crippen LogP contribution in [0.5, 0.6) is 0 Å². The SMILES string of the molecule is CCO[C@@H]1O[C@@H](CO)[C@@H](O[C@@H]2O[C@H](CO)[C@H](O[C@H]3O[C@@H](CO)[C@H](O)[C@@H](O)[C@@H]3O)[C@@H](O)[C@H]2O)[C@@H](O)[C@@H]1O. The van der Waals surface area contributed by atoms with E-state index in [9.17, 15) is 51.1 Å². The van der Waals surface area contributed by atoms with E-state index in [4.69, 9.17) is 28.4 Å². The molecular weight excluding hydrogens is 496 g/mol. The van der Waals surface area contributed by atoms with Crippen LogP contribution in [0, 0.1) is 0 Å². The van der Waals surface area contributed by atoms with E-state index in [1.807, 2.05) is 0 Å². The maximum Gasteiger partial charge on any atom is 0.187 e. The van der Waals surface area contributed by atoms with Gasteiger partial charge in [0.1, 0.15) is 73.2 Å². The highest BCUT2D eigenvalue weighted by molar-refractivity contribution is 4.96. The number of rotatable bonds is 9. The average molecular weight is 532 g/mol. The van der Waals surface area contributed by atoms with E-state index in [0.717, 1.165) is 0 Å². The van der Waals surface area contributed by atoms with Crippen LogP contribution in [0.25, 0.3) is 0 Å². The molecule has 0 unspecified atom stereocenters. The zero-order valence-electron chi connectivity index (χ0n) is 19.4. The van der Waals surface area contributed by atoms with E-state index in [-0.39, 0.29) is 6.61 Å². The first kappa shape index (κ1) is 29.9. The number of hydrogen-bond acceptors (Lipinski definition) is 16. The van der Waals surface area contributed by atoms with Crippen LogP contribution >= 0.6 is 0 Å². The summed E-state index contributed by atoms with van der Waals surface area (Å²) in [4.78, 5) is 0. The minimum Gasteiger partial charge on any atom is -0.394 e. The van der Waals surface area contributed by atoms with Crippen molar-refractivity contribution >= 4 is 0 Å². The molecule has 10 N–H and O–H groups in total. The molecule has 0 radical (unpaired) electrons. The Morgan fingerprint density at radius 3 is 1.33 bits per heavy atom. The van der Waals surface area contributed by atoms with Gasteiger partial charge in [-0.1, -0.05) is 0 Å². The third kappa shape index (κ3) is 5.99. The molecule has 3 heterocycles. The molecule has 0 aromatic rings. The van der Waals surface area contributed by atoms with E-state index < -0.39 is 112 Å². The second-order valence-corrected chi connectivity index (χ2v) is 8.77. The molecule has 3 saturated heterocycles. The van der Waals surface area contributed by atoms with Crippen LogP contribution in [0.2, 0.25) is 0 Å². The van der Waals surface area contributed by atoms with Gasteiger partial charge >= 0.3 is 0 Å². The summed E-state index contributed by atoms with van der Waals surface area (Å²) in [5.74, 6) is 0. The first-order valence-electron chi connectivity index (χ1n) is 11.6. The molecule has 16 nitrogen and oxygen atoms in total. The van der Waals surface area contributed by atoms with E-state index >= 15 is 0 Å². The van der Waals surface area contributed by atoms with Crippen molar-refractivity contribution in [1.82, 2.24) is 0 Å². The van der Waals surface area contributed by atoms with Gasteiger partial charge in [0.15, 0.2) is 18.9 Å². The van der Waals surface area contributed by atoms with Crippen molar-refractivity contribution in [3.8, 4) is 0 Å². The summed E-state index contributed by atoms with van der Waals surface area (Å²) in [7, 11) is 0. The van der Waals surface area contributed by atoms with Crippen LogP contribution in [0.4, 0.5) is 0 Å². The van der Waals surface area contributed by atoms with Gasteiger partial charge in [-0.05, 0) is 6.92 Å². The molecule has 0 amide bonds. The van der Waals surface area contributed by atoms with Crippen LogP contribution in [-0.4, -0.2) is 170 Å². The fourth-order valence-corrected chi connectivity index (χ4v) is 4.35. The molecule has 0 saturated carbocycles. The van der Waals surface area contributed by atoms with Gasteiger partial charge in [-0.15, -0.1) is 0 Å².